The number of rotatable bonds is 6. The van der Waals surface area contributed by atoms with Crippen molar-refractivity contribution in [2.75, 3.05) is 6.26 Å². The van der Waals surface area contributed by atoms with Crippen LogP contribution in [0.1, 0.15) is 33.1 Å². The van der Waals surface area contributed by atoms with E-state index in [1.165, 1.54) is 0 Å². The highest BCUT2D eigenvalue weighted by Gasteiger charge is 2.15. The van der Waals surface area contributed by atoms with Gasteiger partial charge in [0.05, 0.1) is 12.4 Å². The van der Waals surface area contributed by atoms with Crippen LogP contribution in [0.4, 0.5) is 0 Å². The maximum atomic E-state index is 10.8. The Labute approximate surface area is 80.9 Å². The van der Waals surface area contributed by atoms with E-state index >= 15 is 0 Å². The van der Waals surface area contributed by atoms with Gasteiger partial charge in [0.2, 0.25) is 0 Å². The Morgan fingerprint density at radius 2 is 2.08 bits per heavy atom. The molecule has 0 N–H and O–H groups in total. The Balaban J connectivity index is 4.19. The van der Waals surface area contributed by atoms with Crippen LogP contribution in [0.2, 0.25) is 0 Å². The molecule has 0 saturated carbocycles. The van der Waals surface area contributed by atoms with Crippen molar-refractivity contribution in [2.45, 2.75) is 39.2 Å². The molecule has 3 nitrogen and oxygen atoms in total. The van der Waals surface area contributed by atoms with Gasteiger partial charge >= 0.3 is 0 Å². The van der Waals surface area contributed by atoms with Crippen LogP contribution in [0.3, 0.4) is 0 Å². The number of hydrogen-bond donors (Lipinski definition) is 0. The second-order valence-corrected chi connectivity index (χ2v) is 4.88. The van der Waals surface area contributed by atoms with Gasteiger partial charge in [-0.2, -0.15) is 8.42 Å². The third-order valence-electron chi connectivity index (χ3n) is 1.66. The predicted molar refractivity (Wildman–Crippen MR) is 54.1 cm³/mol. The molecule has 1 atom stereocenters. The minimum atomic E-state index is -3.36. The monoisotopic (exact) mass is 206 g/mol. The molecule has 78 valence electrons. The second kappa shape index (κ2) is 5.40. The van der Waals surface area contributed by atoms with Gasteiger partial charge < -0.3 is 0 Å². The van der Waals surface area contributed by atoms with Gasteiger partial charge in [0.1, 0.15) is 0 Å². The Morgan fingerprint density at radius 3 is 2.38 bits per heavy atom. The summed E-state index contributed by atoms with van der Waals surface area (Å²) < 4.78 is 26.6. The fourth-order valence-electron chi connectivity index (χ4n) is 0.977. The summed E-state index contributed by atoms with van der Waals surface area (Å²) >= 11 is 0. The summed E-state index contributed by atoms with van der Waals surface area (Å²) in [6.07, 6.45) is 3.41. The second-order valence-electron chi connectivity index (χ2n) is 3.28. The minimum Gasteiger partial charge on any atom is -0.263 e. The summed E-state index contributed by atoms with van der Waals surface area (Å²) in [5, 5.41) is 0. The van der Waals surface area contributed by atoms with E-state index in [-0.39, 0.29) is 6.10 Å². The zero-order valence-electron chi connectivity index (χ0n) is 8.54. The molecule has 0 rings (SSSR count). The highest BCUT2D eigenvalue weighted by Crippen LogP contribution is 2.14. The van der Waals surface area contributed by atoms with Crippen molar-refractivity contribution >= 4 is 10.1 Å². The number of hydrogen-bond acceptors (Lipinski definition) is 3. The molecular formula is C9H18O3S. The third kappa shape index (κ3) is 6.78. The molecule has 0 heterocycles. The van der Waals surface area contributed by atoms with Crippen LogP contribution in [0, 0.1) is 0 Å². The van der Waals surface area contributed by atoms with Gasteiger partial charge in [-0.05, 0) is 13.3 Å². The van der Waals surface area contributed by atoms with Crippen molar-refractivity contribution in [1.29, 1.82) is 0 Å². The lowest BCUT2D eigenvalue weighted by atomic mass is 10.1. The molecule has 0 aromatic rings. The lowest BCUT2D eigenvalue weighted by molar-refractivity contribution is 0.232. The molecule has 0 aromatic heterocycles. The standard InChI is InChI=1S/C9H18O3S/c1-5-6-7-9(8(2)3)12-13(4,10)11/h9H,2,5-7H2,1,3-4H3. The smallest absolute Gasteiger partial charge is 0.263 e. The molecule has 0 saturated heterocycles. The normalized spacial score (nSPS) is 14.1. The molecule has 0 spiro atoms. The Bertz CT molecular complexity index is 254. The molecule has 0 bridgehead atoms. The van der Waals surface area contributed by atoms with Gasteiger partial charge in [-0.3, -0.25) is 4.18 Å². The van der Waals surface area contributed by atoms with Crippen molar-refractivity contribution < 1.29 is 12.6 Å². The number of unbranched alkanes of at least 4 members (excludes halogenated alkanes) is 1. The Morgan fingerprint density at radius 1 is 1.54 bits per heavy atom. The molecule has 0 aromatic carbocycles. The van der Waals surface area contributed by atoms with E-state index in [1.807, 2.05) is 0 Å². The first-order valence-corrected chi connectivity index (χ1v) is 6.22. The van der Waals surface area contributed by atoms with Crippen molar-refractivity contribution in [2.24, 2.45) is 0 Å². The van der Waals surface area contributed by atoms with Crippen LogP contribution < -0.4 is 0 Å². The van der Waals surface area contributed by atoms with Crippen molar-refractivity contribution in [3.63, 3.8) is 0 Å². The summed E-state index contributed by atoms with van der Waals surface area (Å²) in [5.41, 5.74) is 0.763. The van der Waals surface area contributed by atoms with Crippen LogP contribution in [0.25, 0.3) is 0 Å². The first-order chi connectivity index (χ1) is 5.87. The molecule has 0 radical (unpaired) electrons. The van der Waals surface area contributed by atoms with Gasteiger partial charge in [-0.25, -0.2) is 0 Å². The average molecular weight is 206 g/mol. The van der Waals surface area contributed by atoms with E-state index in [2.05, 4.69) is 13.5 Å². The van der Waals surface area contributed by atoms with E-state index in [1.54, 1.807) is 6.92 Å². The third-order valence-corrected chi connectivity index (χ3v) is 2.24. The zero-order chi connectivity index (χ0) is 10.5. The van der Waals surface area contributed by atoms with E-state index in [0.717, 1.165) is 31.1 Å². The van der Waals surface area contributed by atoms with Crippen LogP contribution in [-0.4, -0.2) is 20.8 Å². The summed E-state index contributed by atoms with van der Waals surface area (Å²) in [6.45, 7) is 7.54. The predicted octanol–water partition coefficient (Wildman–Crippen LogP) is 2.10. The average Bonchev–Trinajstić information content (AvgIpc) is 1.95. The first kappa shape index (κ1) is 12.7. The summed E-state index contributed by atoms with van der Waals surface area (Å²) in [4.78, 5) is 0. The minimum absolute atomic E-state index is 0.352. The molecule has 0 aliphatic carbocycles. The Kier molecular flexibility index (Phi) is 5.25. The highest BCUT2D eigenvalue weighted by molar-refractivity contribution is 7.86. The molecule has 0 aliphatic rings. The molecule has 0 fully saturated rings. The molecule has 13 heavy (non-hydrogen) atoms. The molecule has 1 unspecified atom stereocenters. The lowest BCUT2D eigenvalue weighted by Crippen LogP contribution is -2.18. The lowest BCUT2D eigenvalue weighted by Gasteiger charge is -2.15. The van der Waals surface area contributed by atoms with E-state index in [4.69, 9.17) is 4.18 Å². The van der Waals surface area contributed by atoms with E-state index < -0.39 is 10.1 Å². The first-order valence-electron chi connectivity index (χ1n) is 4.40. The maximum Gasteiger partial charge on any atom is 0.264 e. The summed E-state index contributed by atoms with van der Waals surface area (Å²) in [7, 11) is -3.36. The van der Waals surface area contributed by atoms with Gasteiger partial charge in [0.25, 0.3) is 10.1 Å². The fraction of sp³-hybridized carbons (Fsp3) is 0.778. The highest BCUT2D eigenvalue weighted by atomic mass is 32.2. The van der Waals surface area contributed by atoms with Crippen LogP contribution in [0.5, 0.6) is 0 Å². The van der Waals surface area contributed by atoms with Gasteiger partial charge in [-0.1, -0.05) is 31.9 Å². The maximum absolute atomic E-state index is 10.8. The van der Waals surface area contributed by atoms with Crippen LogP contribution in [-0.2, 0) is 14.3 Å². The van der Waals surface area contributed by atoms with Gasteiger partial charge in [0.15, 0.2) is 0 Å². The van der Waals surface area contributed by atoms with E-state index in [0.29, 0.717) is 0 Å². The Hall–Kier alpha value is -0.350. The SMILES string of the molecule is C=C(C)C(CCCC)OS(C)(=O)=O. The van der Waals surface area contributed by atoms with E-state index in [9.17, 15) is 8.42 Å². The largest absolute Gasteiger partial charge is 0.264 e. The zero-order valence-corrected chi connectivity index (χ0v) is 9.36. The van der Waals surface area contributed by atoms with Crippen molar-refractivity contribution in [3.05, 3.63) is 12.2 Å². The summed E-state index contributed by atoms with van der Waals surface area (Å²) in [5.74, 6) is 0. The quantitative estimate of drug-likeness (QED) is 0.494. The van der Waals surface area contributed by atoms with Crippen molar-refractivity contribution in [3.8, 4) is 0 Å². The van der Waals surface area contributed by atoms with Gasteiger partial charge in [0, 0.05) is 0 Å². The van der Waals surface area contributed by atoms with Crippen LogP contribution in [0.15, 0.2) is 12.2 Å². The molecule has 0 aliphatic heterocycles. The molecule has 4 heteroatoms. The fourth-order valence-corrected chi connectivity index (χ4v) is 1.66. The van der Waals surface area contributed by atoms with Crippen LogP contribution >= 0.6 is 0 Å². The van der Waals surface area contributed by atoms with Gasteiger partial charge in [-0.15, -0.1) is 0 Å². The molecule has 0 amide bonds. The van der Waals surface area contributed by atoms with Crippen molar-refractivity contribution in [1.82, 2.24) is 0 Å². The topological polar surface area (TPSA) is 43.4 Å². The molecular weight excluding hydrogens is 188 g/mol. The summed E-state index contributed by atoms with van der Waals surface area (Å²) in [6, 6.07) is 0.